The van der Waals surface area contributed by atoms with E-state index in [2.05, 4.69) is 4.98 Å². The molecule has 0 bridgehead atoms. The lowest BCUT2D eigenvalue weighted by molar-refractivity contribution is -0.142. The highest BCUT2D eigenvalue weighted by Gasteiger charge is 2.33. The van der Waals surface area contributed by atoms with Crippen molar-refractivity contribution in [2.45, 2.75) is 20.0 Å². The van der Waals surface area contributed by atoms with Gasteiger partial charge in [-0.2, -0.15) is 18.4 Å². The summed E-state index contributed by atoms with van der Waals surface area (Å²) in [6, 6.07) is 11.9. The van der Waals surface area contributed by atoms with Gasteiger partial charge in [-0.3, -0.25) is 14.6 Å². The molecule has 0 aliphatic heterocycles. The quantitative estimate of drug-likeness (QED) is 0.282. The molecule has 0 aliphatic carbocycles. The number of aromatic nitrogens is 1. The maximum atomic E-state index is 13.4. The molecular formula is C26H21ClF3N3O4. The van der Waals surface area contributed by atoms with Gasteiger partial charge in [0.2, 0.25) is 0 Å². The van der Waals surface area contributed by atoms with Crippen LogP contribution in [0.3, 0.4) is 0 Å². The topological polar surface area (TPSA) is 92.5 Å². The molecule has 0 fully saturated rings. The maximum Gasteiger partial charge on any atom is 0.433 e. The van der Waals surface area contributed by atoms with Crippen LogP contribution >= 0.6 is 11.6 Å². The molecule has 37 heavy (non-hydrogen) atoms. The normalized spacial score (nSPS) is 11.0. The van der Waals surface area contributed by atoms with Crippen molar-refractivity contribution < 1.29 is 32.2 Å². The number of halogens is 4. The van der Waals surface area contributed by atoms with Crippen LogP contribution in [0, 0.1) is 18.3 Å². The number of amides is 1. The zero-order valence-corrected chi connectivity index (χ0v) is 20.8. The molecule has 0 saturated carbocycles. The van der Waals surface area contributed by atoms with Crippen LogP contribution in [0.1, 0.15) is 34.1 Å². The van der Waals surface area contributed by atoms with Crippen LogP contribution in [0.15, 0.2) is 48.7 Å². The first-order valence-electron chi connectivity index (χ1n) is 10.8. The fourth-order valence-corrected chi connectivity index (χ4v) is 3.81. The van der Waals surface area contributed by atoms with Crippen LogP contribution in [-0.4, -0.2) is 37.1 Å². The molecule has 1 amide bonds. The van der Waals surface area contributed by atoms with E-state index in [-0.39, 0.29) is 40.5 Å². The van der Waals surface area contributed by atoms with Crippen molar-refractivity contribution in [3.63, 3.8) is 0 Å². The number of rotatable bonds is 7. The maximum absolute atomic E-state index is 13.4. The van der Waals surface area contributed by atoms with Gasteiger partial charge in [0.05, 0.1) is 17.3 Å². The summed E-state index contributed by atoms with van der Waals surface area (Å²) in [6.07, 6.45) is -3.81. The van der Waals surface area contributed by atoms with Crippen LogP contribution in [-0.2, 0) is 15.7 Å². The Morgan fingerprint density at radius 3 is 2.51 bits per heavy atom. The van der Waals surface area contributed by atoms with E-state index in [0.717, 1.165) is 11.8 Å². The van der Waals surface area contributed by atoms with Gasteiger partial charge in [-0.05, 0) is 42.8 Å². The van der Waals surface area contributed by atoms with E-state index >= 15 is 0 Å². The van der Waals surface area contributed by atoms with Crippen LogP contribution in [0.2, 0.25) is 5.02 Å². The largest absolute Gasteiger partial charge is 0.488 e. The summed E-state index contributed by atoms with van der Waals surface area (Å²) < 4.78 is 49.8. The average Bonchev–Trinajstić information content (AvgIpc) is 2.85. The summed E-state index contributed by atoms with van der Waals surface area (Å²) in [5.41, 5.74) is 0.111. The lowest BCUT2D eigenvalue weighted by Crippen LogP contribution is -2.27. The molecule has 1 aromatic heterocycles. The van der Waals surface area contributed by atoms with Crippen LogP contribution in [0.5, 0.6) is 5.75 Å². The third-order valence-corrected chi connectivity index (χ3v) is 5.63. The lowest BCUT2D eigenvalue weighted by Gasteiger charge is -2.23. The molecule has 0 aliphatic rings. The number of carbonyl (C=O) groups excluding carboxylic acids is 2. The van der Waals surface area contributed by atoms with Crippen molar-refractivity contribution in [3.8, 4) is 22.9 Å². The number of carbonyl (C=O) groups is 2. The Kier molecular flexibility index (Phi) is 8.40. The smallest absolute Gasteiger partial charge is 0.433 e. The highest BCUT2D eigenvalue weighted by molar-refractivity contribution is 6.33. The van der Waals surface area contributed by atoms with Gasteiger partial charge in [0, 0.05) is 41.9 Å². The van der Waals surface area contributed by atoms with Gasteiger partial charge >= 0.3 is 12.1 Å². The van der Waals surface area contributed by atoms with E-state index in [0.29, 0.717) is 17.5 Å². The molecule has 3 rings (SSSR count). The Bertz CT molecular complexity index is 1390. The van der Waals surface area contributed by atoms with Gasteiger partial charge < -0.3 is 14.4 Å². The number of hydrogen-bond acceptors (Lipinski definition) is 6. The molecule has 7 nitrogen and oxygen atoms in total. The number of ether oxygens (including phenoxy) is 2. The summed E-state index contributed by atoms with van der Waals surface area (Å²) >= 11 is 6.29. The lowest BCUT2D eigenvalue weighted by atomic mass is 9.99. The van der Waals surface area contributed by atoms with Crippen molar-refractivity contribution in [2.75, 3.05) is 25.2 Å². The summed E-state index contributed by atoms with van der Waals surface area (Å²) in [6.45, 7) is 3.17. The van der Waals surface area contributed by atoms with Crippen molar-refractivity contribution in [1.29, 1.82) is 5.26 Å². The number of nitrogens with zero attached hydrogens (tertiary/aromatic N) is 3. The van der Waals surface area contributed by atoms with Crippen LogP contribution in [0.25, 0.3) is 11.1 Å². The highest BCUT2D eigenvalue weighted by atomic mass is 35.5. The van der Waals surface area contributed by atoms with Crippen molar-refractivity contribution >= 4 is 29.2 Å². The van der Waals surface area contributed by atoms with E-state index in [4.69, 9.17) is 21.1 Å². The third-order valence-electron chi connectivity index (χ3n) is 5.31. The van der Waals surface area contributed by atoms with E-state index < -0.39 is 23.7 Å². The van der Waals surface area contributed by atoms with E-state index in [1.807, 2.05) is 0 Å². The number of hydrogen-bond donors (Lipinski definition) is 0. The second-order valence-corrected chi connectivity index (χ2v) is 8.30. The predicted molar refractivity (Wildman–Crippen MR) is 130 cm³/mol. The molecule has 1 heterocycles. The standard InChI is InChI=1S/C26H21ClF3N3O4/c1-15-5-4-6-22(37-10-9-36-16(2)34)24(15)33(3)25(35)17-7-8-21(27)19(11-17)20-14-32-23(26(28,29)30)12-18(20)13-31/h4-8,11-12,14H,9-10H2,1-3H3. The van der Waals surface area contributed by atoms with Crippen molar-refractivity contribution in [3.05, 3.63) is 76.1 Å². The molecule has 11 heteroatoms. The molecular weight excluding hydrogens is 511 g/mol. The SMILES string of the molecule is CC(=O)OCCOc1cccc(C)c1N(C)C(=O)c1ccc(Cl)c(-c2cnc(C(F)(F)F)cc2C#N)c1. The zero-order chi connectivity index (χ0) is 27.3. The first-order chi connectivity index (χ1) is 17.4. The minimum Gasteiger partial charge on any atom is -0.488 e. The molecule has 0 spiro atoms. The molecule has 192 valence electrons. The van der Waals surface area contributed by atoms with Crippen LogP contribution < -0.4 is 9.64 Å². The van der Waals surface area contributed by atoms with Crippen molar-refractivity contribution in [2.24, 2.45) is 0 Å². The number of alkyl halides is 3. The minimum absolute atomic E-state index is 0.0311. The Morgan fingerprint density at radius 2 is 1.86 bits per heavy atom. The number of aryl methyl sites for hydroxylation is 1. The first-order valence-corrected chi connectivity index (χ1v) is 11.2. The molecule has 0 radical (unpaired) electrons. The highest BCUT2D eigenvalue weighted by Crippen LogP contribution is 2.36. The van der Waals surface area contributed by atoms with E-state index in [9.17, 15) is 28.0 Å². The molecule has 0 N–H and O–H groups in total. The van der Waals surface area contributed by atoms with Gasteiger partial charge in [0.25, 0.3) is 5.91 Å². The van der Waals surface area contributed by atoms with Gasteiger partial charge in [-0.25, -0.2) is 0 Å². The first kappa shape index (κ1) is 27.5. The van der Waals surface area contributed by atoms with Crippen molar-refractivity contribution in [1.82, 2.24) is 4.98 Å². The fraction of sp³-hybridized carbons (Fsp3) is 0.231. The zero-order valence-electron chi connectivity index (χ0n) is 20.0. The molecule has 0 atom stereocenters. The predicted octanol–water partition coefficient (Wildman–Crippen LogP) is 5.82. The summed E-state index contributed by atoms with van der Waals surface area (Å²) in [4.78, 5) is 29.2. The Hall–Kier alpha value is -4.10. The van der Waals surface area contributed by atoms with Gasteiger partial charge in [0.15, 0.2) is 0 Å². The number of benzene rings is 2. The number of anilines is 1. The molecule has 3 aromatic rings. The van der Waals surface area contributed by atoms with Gasteiger partial charge in [-0.15, -0.1) is 0 Å². The second-order valence-electron chi connectivity index (χ2n) is 7.89. The molecule has 2 aromatic carbocycles. The molecule has 0 unspecified atom stereocenters. The molecule has 0 saturated heterocycles. The summed E-state index contributed by atoms with van der Waals surface area (Å²) in [5, 5.41) is 9.58. The third kappa shape index (κ3) is 6.37. The van der Waals surface area contributed by atoms with E-state index in [1.165, 1.54) is 37.1 Å². The minimum atomic E-state index is -4.72. The average molecular weight is 532 g/mol. The van der Waals surface area contributed by atoms with Gasteiger partial charge in [-0.1, -0.05) is 23.7 Å². The number of esters is 1. The fourth-order valence-electron chi connectivity index (χ4n) is 3.59. The monoisotopic (exact) mass is 531 g/mol. The van der Waals surface area contributed by atoms with Gasteiger partial charge in [0.1, 0.15) is 24.7 Å². The van der Waals surface area contributed by atoms with E-state index in [1.54, 1.807) is 31.2 Å². The Morgan fingerprint density at radius 1 is 1.14 bits per heavy atom. The van der Waals surface area contributed by atoms with Crippen LogP contribution in [0.4, 0.5) is 18.9 Å². The number of para-hydroxylation sites is 1. The summed E-state index contributed by atoms with van der Waals surface area (Å²) in [7, 11) is 1.54. The number of pyridine rings is 1. The Balaban J connectivity index is 1.96. The second kappa shape index (κ2) is 11.3. The Labute approximate surface area is 216 Å². The number of nitriles is 1. The summed E-state index contributed by atoms with van der Waals surface area (Å²) in [5.74, 6) is -0.520.